The van der Waals surface area contributed by atoms with Gasteiger partial charge in [0.2, 0.25) is 0 Å². The summed E-state index contributed by atoms with van der Waals surface area (Å²) in [6.45, 7) is 1.97. The van der Waals surface area contributed by atoms with Crippen LogP contribution in [-0.2, 0) is 4.74 Å². The van der Waals surface area contributed by atoms with Gasteiger partial charge in [-0.3, -0.25) is 4.79 Å². The number of pyridine rings is 1. The summed E-state index contributed by atoms with van der Waals surface area (Å²) < 4.78 is 42.0. The van der Waals surface area contributed by atoms with Gasteiger partial charge in [-0.15, -0.1) is 0 Å². The number of methoxy groups -OCH3 is 1. The van der Waals surface area contributed by atoms with Gasteiger partial charge in [0.05, 0.1) is 12.2 Å². The number of carbonyl (C=O) groups is 1. The Morgan fingerprint density at radius 1 is 1.38 bits per heavy atom. The largest absolute Gasteiger partial charge is 0.447 e. The van der Waals surface area contributed by atoms with Crippen molar-refractivity contribution < 1.29 is 22.7 Å². The van der Waals surface area contributed by atoms with Crippen LogP contribution in [0.5, 0.6) is 0 Å². The van der Waals surface area contributed by atoms with E-state index in [1.165, 1.54) is 18.3 Å². The molecule has 1 heterocycles. The fourth-order valence-corrected chi connectivity index (χ4v) is 2.02. The fourth-order valence-electron chi connectivity index (χ4n) is 1.41. The molecule has 21 heavy (non-hydrogen) atoms. The van der Waals surface area contributed by atoms with Crippen LogP contribution in [0.3, 0.4) is 0 Å². The van der Waals surface area contributed by atoms with E-state index in [-0.39, 0.29) is 10.6 Å². The summed E-state index contributed by atoms with van der Waals surface area (Å²) in [5, 5.41) is 5.19. The molecule has 0 fully saturated rings. The molecule has 0 saturated heterocycles. The second kappa shape index (κ2) is 8.85. The molecule has 0 radical (unpaired) electrons. The molecule has 0 aliphatic carbocycles. The Kier molecular flexibility index (Phi) is 7.48. The van der Waals surface area contributed by atoms with Crippen molar-refractivity contribution in [2.75, 3.05) is 33.4 Å². The van der Waals surface area contributed by atoms with Crippen molar-refractivity contribution in [1.29, 1.82) is 0 Å². The standard InChI is InChI=1S/C12H16F3N3O2S/c1-20-8-7-16-5-6-17-10(19)9-3-2-4-18-11(9)21-12(13,14)15/h2-4,16H,5-8H2,1H3,(H,17,19). The summed E-state index contributed by atoms with van der Waals surface area (Å²) in [4.78, 5) is 15.5. The summed E-state index contributed by atoms with van der Waals surface area (Å²) in [7, 11) is 1.58. The van der Waals surface area contributed by atoms with Crippen molar-refractivity contribution in [3.63, 3.8) is 0 Å². The van der Waals surface area contributed by atoms with E-state index >= 15 is 0 Å². The van der Waals surface area contributed by atoms with Crippen LogP contribution in [0, 0.1) is 0 Å². The van der Waals surface area contributed by atoms with Crippen LogP contribution in [0.25, 0.3) is 0 Å². The maximum atomic E-state index is 12.4. The van der Waals surface area contributed by atoms with Gasteiger partial charge in [0.15, 0.2) is 0 Å². The van der Waals surface area contributed by atoms with Crippen LogP contribution in [0.1, 0.15) is 10.4 Å². The third-order valence-electron chi connectivity index (χ3n) is 2.30. The van der Waals surface area contributed by atoms with Gasteiger partial charge >= 0.3 is 5.51 Å². The van der Waals surface area contributed by atoms with Gasteiger partial charge in [0.25, 0.3) is 5.91 Å². The third kappa shape index (κ3) is 7.30. The Morgan fingerprint density at radius 3 is 2.81 bits per heavy atom. The zero-order valence-electron chi connectivity index (χ0n) is 11.4. The zero-order valence-corrected chi connectivity index (χ0v) is 12.2. The predicted molar refractivity (Wildman–Crippen MR) is 73.2 cm³/mol. The number of hydrogen-bond acceptors (Lipinski definition) is 5. The zero-order chi connectivity index (χ0) is 15.7. The molecule has 118 valence electrons. The summed E-state index contributed by atoms with van der Waals surface area (Å²) in [5.41, 5.74) is -4.57. The van der Waals surface area contributed by atoms with Crippen molar-refractivity contribution in [2.45, 2.75) is 10.5 Å². The molecule has 0 spiro atoms. The summed E-state index contributed by atoms with van der Waals surface area (Å²) in [6.07, 6.45) is 1.22. The Bertz CT molecular complexity index is 458. The number of amides is 1. The highest BCUT2D eigenvalue weighted by molar-refractivity contribution is 8.00. The van der Waals surface area contributed by atoms with Gasteiger partial charge in [-0.1, -0.05) is 0 Å². The van der Waals surface area contributed by atoms with Crippen LogP contribution < -0.4 is 10.6 Å². The minimum absolute atomic E-state index is 0.0864. The lowest BCUT2D eigenvalue weighted by Crippen LogP contribution is -2.33. The van der Waals surface area contributed by atoms with Crippen molar-refractivity contribution >= 4 is 17.7 Å². The molecule has 0 saturated carbocycles. The topological polar surface area (TPSA) is 63.2 Å². The van der Waals surface area contributed by atoms with Crippen LogP contribution in [0.15, 0.2) is 23.4 Å². The Morgan fingerprint density at radius 2 is 2.14 bits per heavy atom. The quantitative estimate of drug-likeness (QED) is 0.563. The molecular weight excluding hydrogens is 307 g/mol. The van der Waals surface area contributed by atoms with E-state index in [2.05, 4.69) is 15.6 Å². The Balaban J connectivity index is 2.50. The smallest absolute Gasteiger partial charge is 0.383 e. The lowest BCUT2D eigenvalue weighted by molar-refractivity contribution is -0.0329. The molecule has 1 rings (SSSR count). The normalized spacial score (nSPS) is 11.4. The van der Waals surface area contributed by atoms with Crippen LogP contribution in [-0.4, -0.2) is 49.8 Å². The first-order valence-corrected chi connectivity index (χ1v) is 6.94. The van der Waals surface area contributed by atoms with Crippen molar-refractivity contribution in [3.8, 4) is 0 Å². The van der Waals surface area contributed by atoms with E-state index in [0.29, 0.717) is 26.2 Å². The summed E-state index contributed by atoms with van der Waals surface area (Å²) >= 11 is -0.398. The third-order valence-corrected chi connectivity index (χ3v) is 3.05. The van der Waals surface area contributed by atoms with Crippen LogP contribution >= 0.6 is 11.8 Å². The van der Waals surface area contributed by atoms with Gasteiger partial charge in [0, 0.05) is 44.7 Å². The first-order valence-electron chi connectivity index (χ1n) is 6.12. The average Bonchev–Trinajstić information content (AvgIpc) is 2.41. The molecule has 2 N–H and O–H groups in total. The Hall–Kier alpha value is -1.32. The fraction of sp³-hybridized carbons (Fsp3) is 0.500. The van der Waals surface area contributed by atoms with E-state index in [0.717, 1.165) is 0 Å². The van der Waals surface area contributed by atoms with Crippen molar-refractivity contribution in [3.05, 3.63) is 23.9 Å². The monoisotopic (exact) mass is 323 g/mol. The predicted octanol–water partition coefficient (Wildman–Crippen LogP) is 1.66. The molecule has 0 aliphatic heterocycles. The molecule has 0 unspecified atom stereocenters. The van der Waals surface area contributed by atoms with E-state index in [1.54, 1.807) is 7.11 Å². The molecule has 0 atom stereocenters. The minimum atomic E-state index is -4.48. The van der Waals surface area contributed by atoms with E-state index in [1.807, 2.05) is 0 Å². The molecule has 9 heteroatoms. The molecule has 1 aromatic heterocycles. The van der Waals surface area contributed by atoms with Gasteiger partial charge in [-0.25, -0.2) is 4.98 Å². The second-order valence-corrected chi connectivity index (χ2v) is 4.96. The van der Waals surface area contributed by atoms with Crippen LogP contribution in [0.2, 0.25) is 0 Å². The van der Waals surface area contributed by atoms with Gasteiger partial charge in [-0.05, 0) is 12.1 Å². The molecule has 0 aromatic carbocycles. The molecule has 0 aliphatic rings. The van der Waals surface area contributed by atoms with E-state index < -0.39 is 23.2 Å². The maximum Gasteiger partial charge on any atom is 0.447 e. The number of rotatable bonds is 8. The molecule has 1 amide bonds. The molecule has 1 aromatic rings. The molecule has 5 nitrogen and oxygen atoms in total. The summed E-state index contributed by atoms with van der Waals surface area (Å²) in [6, 6.07) is 2.74. The maximum absolute atomic E-state index is 12.4. The number of nitrogens with zero attached hydrogens (tertiary/aromatic N) is 1. The number of alkyl halides is 3. The average molecular weight is 323 g/mol. The Labute approximate surface area is 124 Å². The number of thioether (sulfide) groups is 1. The van der Waals surface area contributed by atoms with E-state index in [9.17, 15) is 18.0 Å². The van der Waals surface area contributed by atoms with E-state index in [4.69, 9.17) is 4.74 Å². The number of carbonyl (C=O) groups excluding carboxylic acids is 1. The number of nitrogens with one attached hydrogen (secondary N) is 2. The SMILES string of the molecule is COCCNCCNC(=O)c1cccnc1SC(F)(F)F. The van der Waals surface area contributed by atoms with Gasteiger partial charge in [-0.2, -0.15) is 13.2 Å². The van der Waals surface area contributed by atoms with Gasteiger partial charge < -0.3 is 15.4 Å². The number of ether oxygens (including phenoxy) is 1. The summed E-state index contributed by atoms with van der Waals surface area (Å²) in [5.74, 6) is -0.580. The number of halogens is 3. The minimum Gasteiger partial charge on any atom is -0.383 e. The molecular formula is C12H16F3N3O2S. The lowest BCUT2D eigenvalue weighted by atomic mass is 10.2. The number of aromatic nitrogens is 1. The lowest BCUT2D eigenvalue weighted by Gasteiger charge is -2.10. The van der Waals surface area contributed by atoms with Crippen LogP contribution in [0.4, 0.5) is 13.2 Å². The van der Waals surface area contributed by atoms with Crippen molar-refractivity contribution in [2.24, 2.45) is 0 Å². The molecule has 0 bridgehead atoms. The number of hydrogen-bond donors (Lipinski definition) is 2. The van der Waals surface area contributed by atoms with Gasteiger partial charge in [0.1, 0.15) is 5.03 Å². The highest BCUT2D eigenvalue weighted by Gasteiger charge is 2.32. The first-order chi connectivity index (χ1) is 9.94. The van der Waals surface area contributed by atoms with Crippen molar-refractivity contribution in [1.82, 2.24) is 15.6 Å². The highest BCUT2D eigenvalue weighted by Crippen LogP contribution is 2.37. The second-order valence-electron chi connectivity index (χ2n) is 3.90. The first kappa shape index (κ1) is 17.7. The highest BCUT2D eigenvalue weighted by atomic mass is 32.2.